The molecule has 31 heavy (non-hydrogen) atoms. The zero-order valence-electron chi connectivity index (χ0n) is 17.5. The molecule has 1 fully saturated rings. The van der Waals surface area contributed by atoms with Crippen LogP contribution in [0, 0.1) is 5.92 Å². The highest BCUT2D eigenvalue weighted by atomic mass is 32.2. The van der Waals surface area contributed by atoms with E-state index in [0.29, 0.717) is 44.3 Å². The maximum Gasteiger partial charge on any atom is 0.307 e. The van der Waals surface area contributed by atoms with Crippen LogP contribution in [0.2, 0.25) is 0 Å². The van der Waals surface area contributed by atoms with E-state index in [0.717, 1.165) is 12.0 Å². The molecular weight excluding hydrogens is 414 g/mol. The molecule has 0 bridgehead atoms. The first-order valence-corrected chi connectivity index (χ1v) is 12.4. The van der Waals surface area contributed by atoms with Crippen molar-refractivity contribution in [3.63, 3.8) is 0 Å². The molecule has 1 amide bonds. The van der Waals surface area contributed by atoms with Crippen LogP contribution in [-0.2, 0) is 21.1 Å². The predicted molar refractivity (Wildman–Crippen MR) is 120 cm³/mol. The lowest BCUT2D eigenvalue weighted by Crippen LogP contribution is -2.44. The van der Waals surface area contributed by atoms with Gasteiger partial charge in [0.2, 0.25) is 0 Å². The zero-order valence-corrected chi connectivity index (χ0v) is 18.3. The smallest absolute Gasteiger partial charge is 0.307 e. The van der Waals surface area contributed by atoms with Gasteiger partial charge in [-0.1, -0.05) is 48.5 Å². The van der Waals surface area contributed by atoms with Crippen LogP contribution in [0.4, 0.5) is 0 Å². The molecule has 0 radical (unpaired) electrons. The number of piperidine rings is 1. The average molecular weight is 444 g/mol. The van der Waals surface area contributed by atoms with Crippen molar-refractivity contribution in [1.29, 1.82) is 0 Å². The van der Waals surface area contributed by atoms with E-state index in [-0.39, 0.29) is 11.7 Å². The Hall–Kier alpha value is -2.67. The third kappa shape index (κ3) is 6.40. The van der Waals surface area contributed by atoms with Crippen molar-refractivity contribution in [2.75, 3.05) is 18.8 Å². The summed E-state index contributed by atoms with van der Waals surface area (Å²) in [5, 5.41) is 8.96. The zero-order chi connectivity index (χ0) is 22.3. The number of carboxylic acids is 1. The first kappa shape index (κ1) is 23.0. The van der Waals surface area contributed by atoms with Crippen LogP contribution in [0.1, 0.15) is 41.6 Å². The number of hydrogen-bond acceptors (Lipinski definition) is 4. The Balaban J connectivity index is 1.53. The van der Waals surface area contributed by atoms with Gasteiger partial charge in [-0.3, -0.25) is 9.59 Å². The third-order valence-electron chi connectivity index (χ3n) is 5.90. The Kier molecular flexibility index (Phi) is 7.85. The molecule has 1 aliphatic rings. The Morgan fingerprint density at radius 1 is 0.968 bits per heavy atom. The third-order valence-corrected chi connectivity index (χ3v) is 8.26. The van der Waals surface area contributed by atoms with E-state index in [1.165, 1.54) is 0 Å². The fraction of sp³-hybridized carbons (Fsp3) is 0.417. The minimum atomic E-state index is -3.56. The Bertz CT molecular complexity index is 968. The Labute approximate surface area is 183 Å². The summed E-state index contributed by atoms with van der Waals surface area (Å²) in [5.74, 6) is -2.40. The molecule has 1 heterocycles. The Morgan fingerprint density at radius 3 is 2.13 bits per heavy atom. The van der Waals surface area contributed by atoms with Gasteiger partial charge >= 0.3 is 5.97 Å². The quantitative estimate of drug-likeness (QED) is 0.641. The van der Waals surface area contributed by atoms with Crippen LogP contribution in [0.5, 0.6) is 0 Å². The standard InChI is InChI=1S/C24H29NO5S/c26-23(20-11-5-2-6-12-20)25-16-14-22(15-17-25)31(29,30)18-21(24(27)28)13-7-10-19-8-3-1-4-9-19/h1-6,8-9,11-12,21-22H,7,10,13-18H2,(H,27,28). The maximum absolute atomic E-state index is 12.9. The average Bonchev–Trinajstić information content (AvgIpc) is 2.79. The van der Waals surface area contributed by atoms with Crippen molar-refractivity contribution in [2.45, 2.75) is 37.4 Å². The summed E-state index contributed by atoms with van der Waals surface area (Å²) in [4.78, 5) is 25.9. The van der Waals surface area contributed by atoms with Gasteiger partial charge in [0.25, 0.3) is 5.91 Å². The van der Waals surface area contributed by atoms with E-state index in [1.54, 1.807) is 29.2 Å². The van der Waals surface area contributed by atoms with Gasteiger partial charge in [-0.2, -0.15) is 0 Å². The molecular formula is C24H29NO5S. The van der Waals surface area contributed by atoms with Crippen LogP contribution in [0.15, 0.2) is 60.7 Å². The molecule has 1 unspecified atom stereocenters. The van der Waals surface area contributed by atoms with Crippen LogP contribution in [0.25, 0.3) is 0 Å². The monoisotopic (exact) mass is 443 g/mol. The number of likely N-dealkylation sites (tertiary alicyclic amines) is 1. The Morgan fingerprint density at radius 2 is 1.55 bits per heavy atom. The molecule has 1 aliphatic heterocycles. The number of sulfone groups is 1. The first-order valence-electron chi connectivity index (χ1n) is 10.7. The van der Waals surface area contributed by atoms with Crippen molar-refractivity contribution in [3.05, 3.63) is 71.8 Å². The second-order valence-electron chi connectivity index (χ2n) is 8.10. The number of benzene rings is 2. The van der Waals surface area contributed by atoms with Crippen molar-refractivity contribution >= 4 is 21.7 Å². The van der Waals surface area contributed by atoms with E-state index >= 15 is 0 Å². The van der Waals surface area contributed by atoms with Gasteiger partial charge in [0.15, 0.2) is 9.84 Å². The fourth-order valence-electron chi connectivity index (χ4n) is 4.07. The lowest BCUT2D eigenvalue weighted by atomic mass is 10.0. The number of nitrogens with zero attached hydrogens (tertiary/aromatic N) is 1. The van der Waals surface area contributed by atoms with Crippen molar-refractivity contribution in [1.82, 2.24) is 4.90 Å². The lowest BCUT2D eigenvalue weighted by Gasteiger charge is -2.32. The highest BCUT2D eigenvalue weighted by Gasteiger charge is 2.35. The minimum absolute atomic E-state index is 0.0965. The second kappa shape index (κ2) is 10.6. The summed E-state index contributed by atoms with van der Waals surface area (Å²) in [6, 6.07) is 18.7. The van der Waals surface area contributed by atoms with Crippen molar-refractivity contribution in [2.24, 2.45) is 5.92 Å². The van der Waals surface area contributed by atoms with Gasteiger partial charge in [0.05, 0.1) is 16.9 Å². The molecule has 166 valence electrons. The predicted octanol–water partition coefficient (Wildman–Crippen LogP) is 3.43. The van der Waals surface area contributed by atoms with Crippen LogP contribution < -0.4 is 0 Å². The van der Waals surface area contributed by atoms with E-state index in [9.17, 15) is 23.1 Å². The molecule has 2 aromatic rings. The van der Waals surface area contributed by atoms with Crippen LogP contribution in [-0.4, -0.2) is 54.4 Å². The van der Waals surface area contributed by atoms with Crippen LogP contribution >= 0.6 is 0 Å². The molecule has 1 N–H and O–H groups in total. The van der Waals surface area contributed by atoms with Gasteiger partial charge in [-0.05, 0) is 49.8 Å². The van der Waals surface area contributed by atoms with Gasteiger partial charge in [-0.15, -0.1) is 0 Å². The number of rotatable bonds is 9. The maximum atomic E-state index is 12.9. The summed E-state index contributed by atoms with van der Waals surface area (Å²) in [7, 11) is -3.56. The molecule has 0 spiro atoms. The van der Waals surface area contributed by atoms with Crippen LogP contribution in [0.3, 0.4) is 0 Å². The van der Waals surface area contributed by atoms with Crippen molar-refractivity contribution in [3.8, 4) is 0 Å². The number of carbonyl (C=O) groups excluding carboxylic acids is 1. The lowest BCUT2D eigenvalue weighted by molar-refractivity contribution is -0.141. The molecule has 3 rings (SSSR count). The molecule has 2 aromatic carbocycles. The number of carbonyl (C=O) groups is 2. The topological polar surface area (TPSA) is 91.8 Å². The van der Waals surface area contributed by atoms with Gasteiger partial charge in [0, 0.05) is 18.7 Å². The number of hydrogen-bond donors (Lipinski definition) is 1. The molecule has 1 atom stereocenters. The van der Waals surface area contributed by atoms with E-state index in [4.69, 9.17) is 0 Å². The summed E-state index contributed by atoms with van der Waals surface area (Å²) < 4.78 is 25.8. The van der Waals surface area contributed by atoms with E-state index < -0.39 is 27.0 Å². The van der Waals surface area contributed by atoms with Gasteiger partial charge in [-0.25, -0.2) is 8.42 Å². The summed E-state index contributed by atoms with van der Waals surface area (Å²) >= 11 is 0. The van der Waals surface area contributed by atoms with Gasteiger partial charge < -0.3 is 10.0 Å². The van der Waals surface area contributed by atoms with Crippen molar-refractivity contribution < 1.29 is 23.1 Å². The SMILES string of the molecule is O=C(O)C(CCCc1ccccc1)CS(=O)(=O)C1CCN(C(=O)c2ccccc2)CC1. The number of aryl methyl sites for hydroxylation is 1. The summed E-state index contributed by atoms with van der Waals surface area (Å²) in [6.45, 7) is 0.729. The van der Waals surface area contributed by atoms with E-state index in [2.05, 4.69) is 0 Å². The highest BCUT2D eigenvalue weighted by molar-refractivity contribution is 7.92. The normalized spacial score (nSPS) is 16.1. The molecule has 0 aliphatic carbocycles. The molecule has 0 aromatic heterocycles. The molecule has 1 saturated heterocycles. The molecule has 6 nitrogen and oxygen atoms in total. The number of amides is 1. The molecule has 7 heteroatoms. The molecule has 0 saturated carbocycles. The number of aliphatic carboxylic acids is 1. The fourth-order valence-corrected chi connectivity index (χ4v) is 6.14. The minimum Gasteiger partial charge on any atom is -0.481 e. The number of carboxylic acid groups (broad SMARTS) is 1. The second-order valence-corrected chi connectivity index (χ2v) is 10.4. The highest BCUT2D eigenvalue weighted by Crippen LogP contribution is 2.23. The first-order chi connectivity index (χ1) is 14.9. The van der Waals surface area contributed by atoms with Gasteiger partial charge in [0.1, 0.15) is 0 Å². The largest absolute Gasteiger partial charge is 0.481 e. The summed E-state index contributed by atoms with van der Waals surface area (Å²) in [5.41, 5.74) is 1.71. The van der Waals surface area contributed by atoms with E-state index in [1.807, 2.05) is 36.4 Å². The summed E-state index contributed by atoms with van der Waals surface area (Å²) in [6.07, 6.45) is 2.37.